The molecule has 0 spiro atoms. The third kappa shape index (κ3) is 4.04. The Hall–Kier alpha value is -2.63. The van der Waals surface area contributed by atoms with Crippen LogP contribution in [0.1, 0.15) is 37.7 Å². The summed E-state index contributed by atoms with van der Waals surface area (Å²) in [6, 6.07) is 9.18. The van der Waals surface area contributed by atoms with Gasteiger partial charge in [-0.2, -0.15) is 0 Å². The Kier molecular flexibility index (Phi) is 5.94. The van der Waals surface area contributed by atoms with E-state index in [-0.39, 0.29) is 17.7 Å². The fraction of sp³-hybridized carbons (Fsp3) is 0.476. The third-order valence-electron chi connectivity index (χ3n) is 5.70. The topological polar surface area (TPSA) is 78.5 Å². The molecule has 0 saturated carbocycles. The highest BCUT2D eigenvalue weighted by atomic mass is 16.2. The molecule has 1 aromatic rings. The van der Waals surface area contributed by atoms with Gasteiger partial charge in [-0.3, -0.25) is 14.4 Å². The summed E-state index contributed by atoms with van der Waals surface area (Å²) in [6.07, 6.45) is 4.85. The fourth-order valence-corrected chi connectivity index (χ4v) is 4.02. The fourth-order valence-electron chi connectivity index (χ4n) is 4.02. The number of benzene rings is 1. The lowest BCUT2D eigenvalue weighted by molar-refractivity contribution is -0.136. The Balaban J connectivity index is 1.82. The Bertz CT molecular complexity index is 709. The van der Waals surface area contributed by atoms with Crippen LogP contribution in [0.2, 0.25) is 0 Å². The predicted octanol–water partition coefficient (Wildman–Crippen LogP) is 1.52. The molecule has 0 bridgehead atoms. The first-order valence-corrected chi connectivity index (χ1v) is 9.62. The molecule has 2 aliphatic heterocycles. The van der Waals surface area contributed by atoms with Gasteiger partial charge >= 0.3 is 0 Å². The van der Waals surface area contributed by atoms with E-state index < -0.39 is 11.5 Å². The van der Waals surface area contributed by atoms with Gasteiger partial charge in [0, 0.05) is 19.6 Å². The van der Waals surface area contributed by atoms with E-state index in [1.54, 1.807) is 4.90 Å². The molecular weight excluding hydrogens is 342 g/mol. The largest absolute Gasteiger partial charge is 0.354 e. The summed E-state index contributed by atoms with van der Waals surface area (Å²) in [5.74, 6) is -0.343. The van der Waals surface area contributed by atoms with E-state index in [2.05, 4.69) is 17.2 Å². The minimum atomic E-state index is -0.730. The number of hydrogen-bond donors (Lipinski definition) is 2. The van der Waals surface area contributed by atoms with Crippen LogP contribution in [0.3, 0.4) is 0 Å². The smallest absolute Gasteiger partial charge is 0.245 e. The van der Waals surface area contributed by atoms with Crippen LogP contribution in [-0.4, -0.2) is 48.3 Å². The van der Waals surface area contributed by atoms with Crippen molar-refractivity contribution in [1.29, 1.82) is 0 Å². The zero-order valence-corrected chi connectivity index (χ0v) is 15.6. The molecule has 27 heavy (non-hydrogen) atoms. The SMILES string of the molecule is C=CC(=O)N1CCC(C(=O)NC2CCCCNC2=O)(c2ccccc2)CC1. The zero-order chi connectivity index (χ0) is 19.3. The number of likely N-dealkylation sites (tertiary alicyclic amines) is 1. The molecular formula is C21H27N3O3. The molecule has 2 fully saturated rings. The van der Waals surface area contributed by atoms with Crippen LogP contribution in [0.15, 0.2) is 43.0 Å². The number of hydrogen-bond acceptors (Lipinski definition) is 3. The molecule has 0 radical (unpaired) electrons. The lowest BCUT2D eigenvalue weighted by Gasteiger charge is -2.41. The minimum absolute atomic E-state index is 0.108. The molecule has 2 saturated heterocycles. The summed E-state index contributed by atoms with van der Waals surface area (Å²) in [5.41, 5.74) is 0.202. The second kappa shape index (κ2) is 8.37. The van der Waals surface area contributed by atoms with Crippen LogP contribution >= 0.6 is 0 Å². The van der Waals surface area contributed by atoms with Crippen molar-refractivity contribution in [2.24, 2.45) is 0 Å². The highest BCUT2D eigenvalue weighted by molar-refractivity contribution is 5.94. The summed E-state index contributed by atoms with van der Waals surface area (Å²) in [4.78, 5) is 39.3. The van der Waals surface area contributed by atoms with E-state index in [4.69, 9.17) is 0 Å². The average molecular weight is 369 g/mol. The maximum atomic E-state index is 13.4. The van der Waals surface area contributed by atoms with Crippen molar-refractivity contribution in [3.8, 4) is 0 Å². The van der Waals surface area contributed by atoms with Crippen LogP contribution in [0.4, 0.5) is 0 Å². The third-order valence-corrected chi connectivity index (χ3v) is 5.70. The van der Waals surface area contributed by atoms with E-state index in [0.717, 1.165) is 18.4 Å². The molecule has 3 amide bonds. The van der Waals surface area contributed by atoms with Gasteiger partial charge in [0.15, 0.2) is 0 Å². The first-order chi connectivity index (χ1) is 13.1. The first kappa shape index (κ1) is 19.1. The van der Waals surface area contributed by atoms with Crippen molar-refractivity contribution in [3.05, 3.63) is 48.6 Å². The van der Waals surface area contributed by atoms with Gasteiger partial charge < -0.3 is 15.5 Å². The summed E-state index contributed by atoms with van der Waals surface area (Å²) >= 11 is 0. The molecule has 0 aliphatic carbocycles. The van der Waals surface area contributed by atoms with E-state index in [0.29, 0.717) is 38.9 Å². The molecule has 0 aromatic heterocycles. The monoisotopic (exact) mass is 369 g/mol. The van der Waals surface area contributed by atoms with Crippen LogP contribution in [0.25, 0.3) is 0 Å². The normalized spacial score (nSPS) is 22.3. The second-order valence-corrected chi connectivity index (χ2v) is 7.29. The van der Waals surface area contributed by atoms with E-state index >= 15 is 0 Å². The van der Waals surface area contributed by atoms with Gasteiger partial charge in [0.05, 0.1) is 5.41 Å². The zero-order valence-electron chi connectivity index (χ0n) is 15.6. The average Bonchev–Trinajstić information content (AvgIpc) is 2.92. The highest BCUT2D eigenvalue weighted by Gasteiger charge is 2.44. The number of rotatable bonds is 4. The Morgan fingerprint density at radius 3 is 2.56 bits per heavy atom. The van der Waals surface area contributed by atoms with Gasteiger partial charge in [-0.1, -0.05) is 36.9 Å². The minimum Gasteiger partial charge on any atom is -0.354 e. The van der Waals surface area contributed by atoms with Crippen molar-refractivity contribution in [3.63, 3.8) is 0 Å². The van der Waals surface area contributed by atoms with Crippen molar-refractivity contribution in [2.45, 2.75) is 43.6 Å². The first-order valence-electron chi connectivity index (χ1n) is 9.62. The molecule has 1 aromatic carbocycles. The summed E-state index contributed by atoms with van der Waals surface area (Å²) in [5, 5.41) is 5.87. The van der Waals surface area contributed by atoms with Gasteiger partial charge in [0.1, 0.15) is 6.04 Å². The van der Waals surface area contributed by atoms with Crippen molar-refractivity contribution < 1.29 is 14.4 Å². The molecule has 6 nitrogen and oxygen atoms in total. The second-order valence-electron chi connectivity index (χ2n) is 7.29. The number of carbonyl (C=O) groups excluding carboxylic acids is 3. The van der Waals surface area contributed by atoms with Crippen molar-refractivity contribution >= 4 is 17.7 Å². The van der Waals surface area contributed by atoms with E-state index in [1.165, 1.54) is 6.08 Å². The van der Waals surface area contributed by atoms with Gasteiger partial charge in [-0.05, 0) is 43.7 Å². The lowest BCUT2D eigenvalue weighted by atomic mass is 9.71. The van der Waals surface area contributed by atoms with Crippen LogP contribution < -0.4 is 10.6 Å². The molecule has 2 heterocycles. The number of amides is 3. The number of carbonyl (C=O) groups is 3. The molecule has 6 heteroatoms. The Labute approximate surface area is 160 Å². The maximum absolute atomic E-state index is 13.4. The predicted molar refractivity (Wildman–Crippen MR) is 103 cm³/mol. The molecule has 2 N–H and O–H groups in total. The molecule has 144 valence electrons. The Morgan fingerprint density at radius 2 is 1.89 bits per heavy atom. The van der Waals surface area contributed by atoms with Crippen molar-refractivity contribution in [1.82, 2.24) is 15.5 Å². The number of piperidine rings is 1. The summed E-state index contributed by atoms with van der Waals surface area (Å²) in [7, 11) is 0. The maximum Gasteiger partial charge on any atom is 0.245 e. The van der Waals surface area contributed by atoms with Crippen LogP contribution in [0.5, 0.6) is 0 Å². The highest BCUT2D eigenvalue weighted by Crippen LogP contribution is 2.36. The van der Waals surface area contributed by atoms with E-state index in [1.807, 2.05) is 30.3 Å². The van der Waals surface area contributed by atoms with Gasteiger partial charge in [0.2, 0.25) is 17.7 Å². The lowest BCUT2D eigenvalue weighted by Crippen LogP contribution is -2.56. The molecule has 3 rings (SSSR count). The van der Waals surface area contributed by atoms with Crippen molar-refractivity contribution in [2.75, 3.05) is 19.6 Å². The number of nitrogens with zero attached hydrogens (tertiary/aromatic N) is 1. The van der Waals surface area contributed by atoms with E-state index in [9.17, 15) is 14.4 Å². The van der Waals surface area contributed by atoms with Crippen LogP contribution in [0, 0.1) is 0 Å². The number of nitrogens with one attached hydrogen (secondary N) is 2. The standard InChI is InChI=1S/C21H27N3O3/c1-2-18(25)24-14-11-21(12-15-24,16-8-4-3-5-9-16)20(27)23-17-10-6-7-13-22-19(17)26/h2-5,8-9,17H,1,6-7,10-15H2,(H,22,26)(H,23,27). The quantitative estimate of drug-likeness (QED) is 0.790. The summed E-state index contributed by atoms with van der Waals surface area (Å²) in [6.45, 7) is 5.19. The molecule has 1 unspecified atom stereocenters. The molecule has 2 aliphatic rings. The molecule has 1 atom stereocenters. The van der Waals surface area contributed by atoms with Gasteiger partial charge in [-0.25, -0.2) is 0 Å². The van der Waals surface area contributed by atoms with Crippen LogP contribution in [-0.2, 0) is 19.8 Å². The Morgan fingerprint density at radius 1 is 1.19 bits per heavy atom. The van der Waals surface area contributed by atoms with Gasteiger partial charge in [0.25, 0.3) is 0 Å². The van der Waals surface area contributed by atoms with Gasteiger partial charge in [-0.15, -0.1) is 0 Å². The summed E-state index contributed by atoms with van der Waals surface area (Å²) < 4.78 is 0.